The summed E-state index contributed by atoms with van der Waals surface area (Å²) >= 11 is 1.83. The van der Waals surface area contributed by atoms with Crippen LogP contribution in [-0.4, -0.2) is 0 Å². The lowest BCUT2D eigenvalue weighted by Crippen LogP contribution is -2.14. The molecule has 0 aliphatic heterocycles. The average molecular weight is 769 g/mol. The first-order valence-electron chi connectivity index (χ1n) is 19.9. The fourth-order valence-corrected chi connectivity index (χ4v) is 9.06. The van der Waals surface area contributed by atoms with E-state index in [2.05, 4.69) is 146 Å². The summed E-state index contributed by atoms with van der Waals surface area (Å²) in [6.45, 7) is 6.55. The Kier molecular flexibility index (Phi) is 11.3. The quantitative estimate of drug-likeness (QED) is 0.108. The lowest BCUT2D eigenvalue weighted by molar-refractivity contribution is 0.627. The summed E-state index contributed by atoms with van der Waals surface area (Å²) in [5.74, 6) is -0.579. The molecule has 2 nitrogen and oxygen atoms in total. The van der Waals surface area contributed by atoms with Crippen LogP contribution >= 0.6 is 11.3 Å². The second-order valence-electron chi connectivity index (χ2n) is 14.9. The molecule has 0 atom stereocenters. The molecule has 0 spiro atoms. The molecular weight excluding hydrogens is 723 g/mol. The zero-order chi connectivity index (χ0) is 39.3. The second kappa shape index (κ2) is 17.0. The number of benzene rings is 7. The standard InChI is InChI=1S/C52H46F2N2S/c1-4-5-6-7-16-39-34-47(31-36(2)3)57-52(39)40-32-45(55(43-27-23-41(53)24-28-43)50-21-12-17-37-14-8-10-19-48(37)50)35-46(33-40)56(44-29-25-42(54)26-30-44)51-22-13-18-38-15-9-11-20-49(38)51/h8-15,17-35H,4-7,16H2,1-3H3. The van der Waals surface area contributed by atoms with Crippen molar-refractivity contribution in [3.63, 3.8) is 0 Å². The van der Waals surface area contributed by atoms with Gasteiger partial charge >= 0.3 is 0 Å². The van der Waals surface area contributed by atoms with E-state index in [4.69, 9.17) is 0 Å². The van der Waals surface area contributed by atoms with Crippen LogP contribution in [-0.2, 0) is 6.42 Å². The molecule has 7 aromatic carbocycles. The Morgan fingerprint density at radius 2 is 1.05 bits per heavy atom. The van der Waals surface area contributed by atoms with E-state index in [1.54, 1.807) is 0 Å². The van der Waals surface area contributed by atoms with Crippen LogP contribution in [0.2, 0.25) is 0 Å². The molecule has 8 aromatic rings. The molecule has 0 radical (unpaired) electrons. The van der Waals surface area contributed by atoms with Gasteiger partial charge in [-0.25, -0.2) is 8.78 Å². The number of hydrogen-bond acceptors (Lipinski definition) is 3. The van der Waals surface area contributed by atoms with Gasteiger partial charge in [-0.1, -0.05) is 105 Å². The number of halogens is 2. The molecule has 0 bridgehead atoms. The normalized spacial score (nSPS) is 11.2. The Morgan fingerprint density at radius 1 is 0.544 bits per heavy atom. The fourth-order valence-electron chi connectivity index (χ4n) is 7.80. The number of aryl methyl sites for hydroxylation is 1. The van der Waals surface area contributed by atoms with Crippen molar-refractivity contribution in [3.8, 4) is 10.4 Å². The smallest absolute Gasteiger partial charge is 0.123 e. The maximum Gasteiger partial charge on any atom is 0.123 e. The Bertz CT molecular complexity index is 2510. The summed E-state index contributed by atoms with van der Waals surface area (Å²) in [7, 11) is 0. The van der Waals surface area contributed by atoms with Crippen LogP contribution in [0.4, 0.5) is 42.9 Å². The molecule has 0 aliphatic rings. The van der Waals surface area contributed by atoms with Crippen LogP contribution in [0.1, 0.15) is 56.9 Å². The number of fused-ring (bicyclic) bond motifs is 2. The fraction of sp³-hybridized carbons (Fsp3) is 0.154. The van der Waals surface area contributed by atoms with Crippen molar-refractivity contribution in [2.24, 2.45) is 0 Å². The minimum absolute atomic E-state index is 0.289. The van der Waals surface area contributed by atoms with Gasteiger partial charge < -0.3 is 9.80 Å². The third-order valence-corrected chi connectivity index (χ3v) is 11.6. The summed E-state index contributed by atoms with van der Waals surface area (Å²) in [6, 6.07) is 52.1. The Morgan fingerprint density at radius 3 is 1.56 bits per heavy atom. The Balaban J connectivity index is 1.44. The monoisotopic (exact) mass is 768 g/mol. The van der Waals surface area contributed by atoms with Gasteiger partial charge in [0.25, 0.3) is 0 Å². The van der Waals surface area contributed by atoms with Crippen molar-refractivity contribution in [2.45, 2.75) is 52.9 Å². The van der Waals surface area contributed by atoms with Crippen LogP contribution < -0.4 is 9.80 Å². The number of rotatable bonds is 13. The molecule has 0 saturated heterocycles. The predicted octanol–water partition coefficient (Wildman–Crippen LogP) is 16.5. The van der Waals surface area contributed by atoms with Crippen molar-refractivity contribution in [1.29, 1.82) is 0 Å². The number of hydrogen-bond donors (Lipinski definition) is 0. The zero-order valence-electron chi connectivity index (χ0n) is 32.7. The molecule has 1 aromatic heterocycles. The van der Waals surface area contributed by atoms with Gasteiger partial charge in [0.1, 0.15) is 11.6 Å². The van der Waals surface area contributed by atoms with Crippen LogP contribution in [0.3, 0.4) is 0 Å². The van der Waals surface area contributed by atoms with E-state index >= 15 is 0 Å². The number of nitrogens with zero attached hydrogens (tertiary/aromatic N) is 2. The van der Waals surface area contributed by atoms with Crippen molar-refractivity contribution >= 4 is 73.1 Å². The molecule has 5 heteroatoms. The number of anilines is 6. The highest BCUT2D eigenvalue weighted by atomic mass is 32.1. The summed E-state index contributed by atoms with van der Waals surface area (Å²) in [5, 5.41) is 4.39. The van der Waals surface area contributed by atoms with Gasteiger partial charge in [-0.3, -0.25) is 0 Å². The van der Waals surface area contributed by atoms with Crippen molar-refractivity contribution in [1.82, 2.24) is 0 Å². The molecule has 8 rings (SSSR count). The van der Waals surface area contributed by atoms with Crippen molar-refractivity contribution in [3.05, 3.63) is 185 Å². The number of unbranched alkanes of at least 4 members (excludes halogenated alkanes) is 3. The summed E-state index contributed by atoms with van der Waals surface area (Å²) in [5.41, 5.74) is 9.17. The van der Waals surface area contributed by atoms with E-state index in [1.165, 1.54) is 64.4 Å². The number of thiophene rings is 1. The first-order valence-corrected chi connectivity index (χ1v) is 20.7. The van der Waals surface area contributed by atoms with Crippen LogP contribution in [0.5, 0.6) is 0 Å². The van der Waals surface area contributed by atoms with Gasteiger partial charge in [0.05, 0.1) is 11.4 Å². The van der Waals surface area contributed by atoms with E-state index in [0.29, 0.717) is 0 Å². The molecule has 57 heavy (non-hydrogen) atoms. The largest absolute Gasteiger partial charge is 0.310 e. The molecule has 0 unspecified atom stereocenters. The molecule has 284 valence electrons. The van der Waals surface area contributed by atoms with Gasteiger partial charge in [0.2, 0.25) is 0 Å². The minimum Gasteiger partial charge on any atom is -0.310 e. The van der Waals surface area contributed by atoms with E-state index in [9.17, 15) is 8.78 Å². The highest BCUT2D eigenvalue weighted by Gasteiger charge is 2.23. The van der Waals surface area contributed by atoms with Crippen molar-refractivity contribution < 1.29 is 8.78 Å². The van der Waals surface area contributed by atoms with Gasteiger partial charge in [-0.15, -0.1) is 11.3 Å². The van der Waals surface area contributed by atoms with Gasteiger partial charge in [-0.05, 0) is 140 Å². The maximum absolute atomic E-state index is 14.6. The summed E-state index contributed by atoms with van der Waals surface area (Å²) in [4.78, 5) is 6.95. The Hall–Kier alpha value is -6.04. The third kappa shape index (κ3) is 8.26. The van der Waals surface area contributed by atoms with Crippen LogP contribution in [0.25, 0.3) is 38.1 Å². The molecule has 1 heterocycles. The second-order valence-corrected chi connectivity index (χ2v) is 16.0. The minimum atomic E-state index is -0.289. The molecule has 0 amide bonds. The van der Waals surface area contributed by atoms with Gasteiger partial charge in [0, 0.05) is 43.3 Å². The molecular formula is C52H46F2N2S. The van der Waals surface area contributed by atoms with Gasteiger partial charge in [-0.2, -0.15) is 0 Å². The highest BCUT2D eigenvalue weighted by molar-refractivity contribution is 7.16. The average Bonchev–Trinajstić information content (AvgIpc) is 3.63. The topological polar surface area (TPSA) is 6.48 Å². The maximum atomic E-state index is 14.6. The summed E-state index contributed by atoms with van der Waals surface area (Å²) < 4.78 is 29.3. The van der Waals surface area contributed by atoms with Crippen molar-refractivity contribution in [2.75, 3.05) is 9.80 Å². The SMILES string of the molecule is CCCCCCc1cc(C=C(C)C)sc1-c1cc(N(c2ccc(F)cc2)c2cccc3ccccc23)cc(N(c2ccc(F)cc2)c2cccc3ccccc23)c1. The molecule has 0 fully saturated rings. The van der Waals surface area contributed by atoms with Crippen LogP contribution in [0, 0.1) is 11.6 Å². The summed E-state index contributed by atoms with van der Waals surface area (Å²) in [6.07, 6.45) is 7.97. The van der Waals surface area contributed by atoms with E-state index in [1.807, 2.05) is 35.6 Å². The predicted molar refractivity (Wildman–Crippen MR) is 241 cm³/mol. The molecule has 0 aliphatic carbocycles. The Labute approximate surface area is 339 Å². The van der Waals surface area contributed by atoms with E-state index in [-0.39, 0.29) is 11.6 Å². The van der Waals surface area contributed by atoms with Gasteiger partial charge in [0.15, 0.2) is 0 Å². The van der Waals surface area contributed by atoms with E-state index < -0.39 is 0 Å². The van der Waals surface area contributed by atoms with Crippen LogP contribution in [0.15, 0.2) is 163 Å². The lowest BCUT2D eigenvalue weighted by atomic mass is 10.00. The molecule has 0 saturated carbocycles. The zero-order valence-corrected chi connectivity index (χ0v) is 33.5. The van der Waals surface area contributed by atoms with E-state index in [0.717, 1.165) is 74.1 Å². The molecule has 0 N–H and O–H groups in total. The first-order chi connectivity index (χ1) is 27.9. The first kappa shape index (κ1) is 37.9. The highest BCUT2D eigenvalue weighted by Crippen LogP contribution is 2.47. The lowest BCUT2D eigenvalue weighted by Gasteiger charge is -2.31. The number of allylic oxidation sites excluding steroid dienone is 1. The third-order valence-electron chi connectivity index (χ3n) is 10.4.